The van der Waals surface area contributed by atoms with Gasteiger partial charge in [-0.05, 0) is 24.3 Å². The van der Waals surface area contributed by atoms with E-state index in [1.54, 1.807) is 24.2 Å². The Morgan fingerprint density at radius 1 is 1.18 bits per heavy atom. The van der Waals surface area contributed by atoms with E-state index in [1.807, 2.05) is 18.2 Å². The number of halogens is 1. The van der Waals surface area contributed by atoms with E-state index in [4.69, 9.17) is 0 Å². The largest absolute Gasteiger partial charge is 0.384 e. The second-order valence-electron chi connectivity index (χ2n) is 3.32. The fourth-order valence-electron chi connectivity index (χ4n) is 1.30. The van der Waals surface area contributed by atoms with Crippen LogP contribution in [0.3, 0.4) is 0 Å². The van der Waals surface area contributed by atoms with Crippen LogP contribution in [0.25, 0.3) is 0 Å². The Balaban J connectivity index is 1.73. The third kappa shape index (κ3) is 4.36. The molecule has 0 saturated heterocycles. The minimum absolute atomic E-state index is 0.823. The number of thioether (sulfide) groups is 1. The first-order valence-corrected chi connectivity index (χ1v) is 7.02. The Morgan fingerprint density at radius 2 is 2.00 bits per heavy atom. The van der Waals surface area contributed by atoms with E-state index in [1.165, 1.54) is 0 Å². The van der Waals surface area contributed by atoms with Gasteiger partial charge in [0.2, 0.25) is 0 Å². The van der Waals surface area contributed by atoms with E-state index in [0.717, 1.165) is 27.6 Å². The highest BCUT2D eigenvalue weighted by Gasteiger charge is 1.96. The first-order valence-electron chi connectivity index (χ1n) is 5.24. The van der Waals surface area contributed by atoms with Crippen LogP contribution in [0.4, 0.5) is 5.69 Å². The zero-order chi connectivity index (χ0) is 11.9. The fraction of sp³-hybridized carbons (Fsp3) is 0.167. The highest BCUT2D eigenvalue weighted by molar-refractivity contribution is 9.10. The lowest BCUT2D eigenvalue weighted by Crippen LogP contribution is -2.04. The molecule has 1 N–H and O–H groups in total. The van der Waals surface area contributed by atoms with Gasteiger partial charge >= 0.3 is 0 Å². The van der Waals surface area contributed by atoms with E-state index in [2.05, 4.69) is 43.3 Å². The summed E-state index contributed by atoms with van der Waals surface area (Å²) < 4.78 is 1.08. The summed E-state index contributed by atoms with van der Waals surface area (Å²) in [6.45, 7) is 0.888. The Bertz CT molecular complexity index is 464. The molecule has 0 amide bonds. The molecule has 0 unspecified atom stereocenters. The molecular formula is C12H12BrN3S. The molecule has 5 heteroatoms. The third-order valence-electron chi connectivity index (χ3n) is 2.03. The van der Waals surface area contributed by atoms with Crippen LogP contribution in [-0.4, -0.2) is 22.3 Å². The molecule has 0 aliphatic heterocycles. The Kier molecular flexibility index (Phi) is 4.82. The van der Waals surface area contributed by atoms with Crippen LogP contribution in [0.5, 0.6) is 0 Å². The molecule has 3 nitrogen and oxygen atoms in total. The maximum absolute atomic E-state index is 4.15. The summed E-state index contributed by atoms with van der Waals surface area (Å²) in [5.41, 5.74) is 1.12. The lowest BCUT2D eigenvalue weighted by atomic mass is 10.3. The molecule has 0 fully saturated rings. The van der Waals surface area contributed by atoms with Crippen molar-refractivity contribution in [1.82, 2.24) is 9.97 Å². The van der Waals surface area contributed by atoms with E-state index >= 15 is 0 Å². The molecular weight excluding hydrogens is 298 g/mol. The summed E-state index contributed by atoms with van der Waals surface area (Å²) in [6, 6.07) is 9.96. The molecule has 1 aromatic carbocycles. The lowest BCUT2D eigenvalue weighted by molar-refractivity contribution is 0.966. The Labute approximate surface area is 113 Å². The van der Waals surface area contributed by atoms with Gasteiger partial charge in [0.05, 0.1) is 0 Å². The maximum Gasteiger partial charge on any atom is 0.187 e. The summed E-state index contributed by atoms with van der Waals surface area (Å²) in [6.07, 6.45) is 3.52. The molecule has 88 valence electrons. The summed E-state index contributed by atoms with van der Waals surface area (Å²) >= 11 is 5.09. The van der Waals surface area contributed by atoms with Gasteiger partial charge < -0.3 is 5.32 Å². The molecule has 0 saturated carbocycles. The summed E-state index contributed by atoms with van der Waals surface area (Å²) in [4.78, 5) is 8.31. The van der Waals surface area contributed by atoms with E-state index < -0.39 is 0 Å². The van der Waals surface area contributed by atoms with Crippen molar-refractivity contribution in [1.29, 1.82) is 0 Å². The first kappa shape index (κ1) is 12.4. The van der Waals surface area contributed by atoms with Gasteiger partial charge in [0.25, 0.3) is 0 Å². The van der Waals surface area contributed by atoms with Gasteiger partial charge in [-0.3, -0.25) is 0 Å². The second kappa shape index (κ2) is 6.61. The first-order chi connectivity index (χ1) is 8.34. The molecule has 0 radical (unpaired) electrons. The predicted octanol–water partition coefficient (Wildman–Crippen LogP) is 3.44. The van der Waals surface area contributed by atoms with E-state index in [9.17, 15) is 0 Å². The van der Waals surface area contributed by atoms with Gasteiger partial charge in [-0.25, -0.2) is 9.97 Å². The van der Waals surface area contributed by atoms with Gasteiger partial charge in [-0.15, -0.1) is 0 Å². The molecule has 0 aliphatic rings. The van der Waals surface area contributed by atoms with Gasteiger partial charge in [0.1, 0.15) is 0 Å². The SMILES string of the molecule is Brc1cccc(NCCSc2ncccn2)c1. The highest BCUT2D eigenvalue weighted by Crippen LogP contribution is 2.16. The number of nitrogens with zero attached hydrogens (tertiary/aromatic N) is 2. The average Bonchev–Trinajstić information content (AvgIpc) is 2.36. The van der Waals surface area contributed by atoms with Gasteiger partial charge in [0, 0.05) is 34.9 Å². The molecule has 0 bridgehead atoms. The third-order valence-corrected chi connectivity index (χ3v) is 3.40. The van der Waals surface area contributed by atoms with Crippen molar-refractivity contribution in [3.05, 3.63) is 47.2 Å². The standard InChI is InChI=1S/C12H12BrN3S/c13-10-3-1-4-11(9-10)14-7-8-17-12-15-5-2-6-16-12/h1-6,9,14H,7-8H2. The molecule has 17 heavy (non-hydrogen) atoms. The quantitative estimate of drug-likeness (QED) is 0.521. The van der Waals surface area contributed by atoms with Crippen LogP contribution in [0.1, 0.15) is 0 Å². The molecule has 1 aromatic heterocycles. The second-order valence-corrected chi connectivity index (χ2v) is 5.29. The minimum atomic E-state index is 0.823. The summed E-state index contributed by atoms with van der Waals surface area (Å²) in [5, 5.41) is 4.17. The van der Waals surface area contributed by atoms with E-state index in [0.29, 0.717) is 0 Å². The molecule has 2 aromatic rings. The highest BCUT2D eigenvalue weighted by atomic mass is 79.9. The zero-order valence-electron chi connectivity index (χ0n) is 9.14. The normalized spacial score (nSPS) is 10.2. The van der Waals surface area contributed by atoms with Crippen molar-refractivity contribution in [2.75, 3.05) is 17.6 Å². The number of hydrogen-bond acceptors (Lipinski definition) is 4. The number of anilines is 1. The number of benzene rings is 1. The average molecular weight is 310 g/mol. The molecule has 2 rings (SSSR count). The Hall–Kier alpha value is -1.07. The monoisotopic (exact) mass is 309 g/mol. The predicted molar refractivity (Wildman–Crippen MR) is 75.4 cm³/mol. The lowest BCUT2D eigenvalue weighted by Gasteiger charge is -2.05. The fourth-order valence-corrected chi connectivity index (χ4v) is 2.35. The number of hydrogen-bond donors (Lipinski definition) is 1. The number of nitrogens with one attached hydrogen (secondary N) is 1. The zero-order valence-corrected chi connectivity index (χ0v) is 11.5. The summed E-state index contributed by atoms with van der Waals surface area (Å²) in [5.74, 6) is 0.941. The summed E-state index contributed by atoms with van der Waals surface area (Å²) in [7, 11) is 0. The van der Waals surface area contributed by atoms with Crippen LogP contribution in [0.2, 0.25) is 0 Å². The van der Waals surface area contributed by atoms with Crippen molar-refractivity contribution in [2.24, 2.45) is 0 Å². The molecule has 1 heterocycles. The number of rotatable bonds is 5. The van der Waals surface area contributed by atoms with Crippen LogP contribution in [0.15, 0.2) is 52.4 Å². The van der Waals surface area contributed by atoms with Gasteiger partial charge in [-0.2, -0.15) is 0 Å². The Morgan fingerprint density at radius 3 is 2.76 bits per heavy atom. The van der Waals surface area contributed by atoms with Crippen molar-refractivity contribution >= 4 is 33.4 Å². The number of aromatic nitrogens is 2. The molecule has 0 atom stereocenters. The maximum atomic E-state index is 4.15. The van der Waals surface area contributed by atoms with E-state index in [-0.39, 0.29) is 0 Å². The van der Waals surface area contributed by atoms with Crippen LogP contribution < -0.4 is 5.32 Å². The van der Waals surface area contributed by atoms with Gasteiger partial charge in [0.15, 0.2) is 5.16 Å². The van der Waals surface area contributed by atoms with Crippen molar-refractivity contribution in [2.45, 2.75) is 5.16 Å². The van der Waals surface area contributed by atoms with Gasteiger partial charge in [-0.1, -0.05) is 33.8 Å². The van der Waals surface area contributed by atoms with Crippen molar-refractivity contribution in [3.63, 3.8) is 0 Å². The topological polar surface area (TPSA) is 37.8 Å². The van der Waals surface area contributed by atoms with Crippen molar-refractivity contribution in [3.8, 4) is 0 Å². The van der Waals surface area contributed by atoms with Crippen LogP contribution in [0, 0.1) is 0 Å². The molecule has 0 spiro atoms. The van der Waals surface area contributed by atoms with Crippen molar-refractivity contribution < 1.29 is 0 Å². The van der Waals surface area contributed by atoms with Crippen LogP contribution in [-0.2, 0) is 0 Å². The van der Waals surface area contributed by atoms with Crippen LogP contribution >= 0.6 is 27.7 Å². The minimum Gasteiger partial charge on any atom is -0.384 e. The molecule has 0 aliphatic carbocycles. The smallest absolute Gasteiger partial charge is 0.187 e.